The molecule has 0 spiro atoms. The van der Waals surface area contributed by atoms with Gasteiger partial charge in [-0.1, -0.05) is 41.3 Å². The van der Waals surface area contributed by atoms with Gasteiger partial charge < -0.3 is 9.64 Å². The molecule has 4 rings (SSSR count). The molecule has 2 aromatic carbocycles. The van der Waals surface area contributed by atoms with Crippen LogP contribution in [-0.2, 0) is 4.74 Å². The SMILES string of the molecule is CCOC(=O)c1ccc(N2CCN(CC3=C(c4ccc(Cl)cc4)CCC(C)(CN=[N+]=[N-])C3)CC2)cc1. The summed E-state index contributed by atoms with van der Waals surface area (Å²) >= 11 is 6.15. The fourth-order valence-corrected chi connectivity index (χ4v) is 5.38. The summed E-state index contributed by atoms with van der Waals surface area (Å²) in [6.07, 6.45) is 2.91. The van der Waals surface area contributed by atoms with Gasteiger partial charge in [0.05, 0.1) is 12.2 Å². The Kier molecular flexibility index (Phi) is 8.57. The summed E-state index contributed by atoms with van der Waals surface area (Å²) in [5.41, 5.74) is 14.7. The van der Waals surface area contributed by atoms with E-state index in [9.17, 15) is 4.79 Å². The number of hydrogen-bond donors (Lipinski definition) is 0. The summed E-state index contributed by atoms with van der Waals surface area (Å²) in [4.78, 5) is 19.8. The Morgan fingerprint density at radius 2 is 1.81 bits per heavy atom. The number of allylic oxidation sites excluding steroid dienone is 1. The highest BCUT2D eigenvalue weighted by Crippen LogP contribution is 2.43. The van der Waals surface area contributed by atoms with Gasteiger partial charge in [-0.3, -0.25) is 4.90 Å². The van der Waals surface area contributed by atoms with Crippen LogP contribution in [0.4, 0.5) is 5.69 Å². The van der Waals surface area contributed by atoms with E-state index in [0.717, 1.165) is 62.7 Å². The average molecular weight is 508 g/mol. The lowest BCUT2D eigenvalue weighted by molar-refractivity contribution is 0.0526. The number of carbonyl (C=O) groups is 1. The minimum atomic E-state index is -0.279. The van der Waals surface area contributed by atoms with Crippen molar-refractivity contribution in [3.63, 3.8) is 0 Å². The van der Waals surface area contributed by atoms with Crippen molar-refractivity contribution in [1.82, 2.24) is 4.90 Å². The molecule has 0 amide bonds. The van der Waals surface area contributed by atoms with E-state index in [4.69, 9.17) is 21.9 Å². The third-order valence-corrected chi connectivity index (χ3v) is 7.54. The molecule has 0 aromatic heterocycles. The summed E-state index contributed by atoms with van der Waals surface area (Å²) in [7, 11) is 0. The Balaban J connectivity index is 1.45. The van der Waals surface area contributed by atoms with Crippen molar-refractivity contribution in [1.29, 1.82) is 0 Å². The van der Waals surface area contributed by atoms with Crippen LogP contribution in [0.5, 0.6) is 0 Å². The highest BCUT2D eigenvalue weighted by molar-refractivity contribution is 6.30. The Labute approximate surface area is 218 Å². The van der Waals surface area contributed by atoms with E-state index in [0.29, 0.717) is 18.7 Å². The smallest absolute Gasteiger partial charge is 0.338 e. The number of benzene rings is 2. The molecule has 0 radical (unpaired) electrons. The number of anilines is 1. The van der Waals surface area contributed by atoms with Gasteiger partial charge in [-0.15, -0.1) is 0 Å². The third-order valence-electron chi connectivity index (χ3n) is 7.28. The molecule has 2 aliphatic rings. The number of esters is 1. The van der Waals surface area contributed by atoms with E-state index in [1.54, 1.807) is 0 Å². The normalized spacial score (nSPS) is 20.7. The van der Waals surface area contributed by atoms with Gasteiger partial charge in [-0.05, 0) is 84.7 Å². The number of rotatable bonds is 8. The molecule has 1 atom stereocenters. The number of carbonyl (C=O) groups excluding carboxylic acids is 1. The minimum Gasteiger partial charge on any atom is -0.462 e. The second-order valence-corrected chi connectivity index (χ2v) is 10.4. The van der Waals surface area contributed by atoms with Crippen molar-refractivity contribution in [3.05, 3.63) is 80.7 Å². The van der Waals surface area contributed by atoms with Gasteiger partial charge >= 0.3 is 5.97 Å². The number of piperazine rings is 1. The molecule has 1 saturated heterocycles. The van der Waals surface area contributed by atoms with Gasteiger partial charge in [0.2, 0.25) is 0 Å². The predicted octanol–water partition coefficient (Wildman–Crippen LogP) is 6.59. The van der Waals surface area contributed by atoms with Crippen molar-refractivity contribution in [2.75, 3.05) is 50.8 Å². The van der Waals surface area contributed by atoms with Gasteiger partial charge in [0.25, 0.3) is 0 Å². The molecule has 1 aliphatic heterocycles. The highest BCUT2D eigenvalue weighted by atomic mass is 35.5. The lowest BCUT2D eigenvalue weighted by Gasteiger charge is -2.40. The zero-order chi connectivity index (χ0) is 25.5. The fraction of sp³-hybridized carbons (Fsp3) is 0.464. The van der Waals surface area contributed by atoms with Gasteiger partial charge in [0, 0.05) is 54.9 Å². The maximum atomic E-state index is 11.9. The van der Waals surface area contributed by atoms with E-state index in [1.807, 2.05) is 43.3 Å². The van der Waals surface area contributed by atoms with Gasteiger partial charge in [0.1, 0.15) is 0 Å². The molecule has 8 heteroatoms. The maximum Gasteiger partial charge on any atom is 0.338 e. The van der Waals surface area contributed by atoms with Crippen LogP contribution in [0.15, 0.2) is 59.2 Å². The van der Waals surface area contributed by atoms with Gasteiger partial charge in [-0.2, -0.15) is 0 Å². The van der Waals surface area contributed by atoms with Crippen LogP contribution in [0, 0.1) is 5.41 Å². The summed E-state index contributed by atoms with van der Waals surface area (Å²) in [5.74, 6) is -0.279. The second kappa shape index (κ2) is 11.8. The molecule has 7 nitrogen and oxygen atoms in total. The van der Waals surface area contributed by atoms with Crippen molar-refractivity contribution in [3.8, 4) is 0 Å². The summed E-state index contributed by atoms with van der Waals surface area (Å²) < 4.78 is 5.09. The lowest BCUT2D eigenvalue weighted by atomic mass is 9.71. The number of halogens is 1. The predicted molar refractivity (Wildman–Crippen MR) is 145 cm³/mol. The van der Waals surface area contributed by atoms with Crippen LogP contribution >= 0.6 is 11.6 Å². The van der Waals surface area contributed by atoms with E-state index < -0.39 is 0 Å². The number of azide groups is 1. The number of hydrogen-bond acceptors (Lipinski definition) is 5. The van der Waals surface area contributed by atoms with Crippen LogP contribution in [0.3, 0.4) is 0 Å². The molecule has 190 valence electrons. The Bertz CT molecular complexity index is 1130. The van der Waals surface area contributed by atoms with E-state index in [1.165, 1.54) is 16.7 Å². The zero-order valence-electron chi connectivity index (χ0n) is 21.1. The summed E-state index contributed by atoms with van der Waals surface area (Å²) in [6, 6.07) is 15.8. The minimum absolute atomic E-state index is 0.0139. The van der Waals surface area contributed by atoms with E-state index >= 15 is 0 Å². The number of nitrogens with zero attached hydrogens (tertiary/aromatic N) is 5. The molecule has 0 bridgehead atoms. The first kappa shape index (κ1) is 26.1. The average Bonchev–Trinajstić information content (AvgIpc) is 2.89. The molecule has 1 heterocycles. The molecule has 1 fully saturated rings. The molecule has 0 saturated carbocycles. The first-order chi connectivity index (χ1) is 17.4. The molecular weight excluding hydrogens is 474 g/mol. The highest BCUT2D eigenvalue weighted by Gasteiger charge is 2.32. The van der Waals surface area contributed by atoms with Gasteiger partial charge in [0.15, 0.2) is 0 Å². The van der Waals surface area contributed by atoms with Crippen LogP contribution in [0.1, 0.15) is 49.0 Å². The molecule has 2 aromatic rings. The van der Waals surface area contributed by atoms with E-state index in [2.05, 4.69) is 38.9 Å². The van der Waals surface area contributed by atoms with Crippen molar-refractivity contribution < 1.29 is 9.53 Å². The van der Waals surface area contributed by atoms with Crippen LogP contribution in [-0.4, -0.2) is 56.7 Å². The lowest BCUT2D eigenvalue weighted by Crippen LogP contribution is -2.47. The standard InChI is InChI=1S/C28H34ClN5O2/c1-3-36-27(35)22-6-10-25(11-7-22)34-16-14-33(15-17-34)19-23-18-28(2,20-31-32-30)13-12-26(23)21-4-8-24(29)9-5-21/h4-11H,3,12-20H2,1-2H3. The molecule has 36 heavy (non-hydrogen) atoms. The molecule has 0 N–H and O–H groups in total. The van der Waals surface area contributed by atoms with E-state index in [-0.39, 0.29) is 11.4 Å². The van der Waals surface area contributed by atoms with Crippen molar-refractivity contribution >= 4 is 28.8 Å². The Morgan fingerprint density at radius 1 is 1.11 bits per heavy atom. The third kappa shape index (κ3) is 6.41. The monoisotopic (exact) mass is 507 g/mol. The first-order valence-corrected chi connectivity index (χ1v) is 13.0. The largest absolute Gasteiger partial charge is 0.462 e. The van der Waals surface area contributed by atoms with Crippen LogP contribution in [0.2, 0.25) is 5.02 Å². The summed E-state index contributed by atoms with van der Waals surface area (Å²) in [6.45, 7) is 9.65. The van der Waals surface area contributed by atoms with Gasteiger partial charge in [-0.25, -0.2) is 4.79 Å². The Morgan fingerprint density at radius 3 is 2.44 bits per heavy atom. The molecule has 1 aliphatic carbocycles. The maximum absolute atomic E-state index is 11.9. The fourth-order valence-electron chi connectivity index (χ4n) is 5.26. The van der Waals surface area contributed by atoms with Crippen molar-refractivity contribution in [2.45, 2.75) is 33.1 Å². The van der Waals surface area contributed by atoms with Crippen LogP contribution in [0.25, 0.3) is 16.0 Å². The zero-order valence-corrected chi connectivity index (χ0v) is 21.9. The first-order valence-electron chi connectivity index (χ1n) is 12.6. The molecular formula is C28H34ClN5O2. The summed E-state index contributed by atoms with van der Waals surface area (Å²) in [5, 5.41) is 4.67. The van der Waals surface area contributed by atoms with Crippen LogP contribution < -0.4 is 4.90 Å². The Hall–Kier alpha value is -2.99. The van der Waals surface area contributed by atoms with Crippen molar-refractivity contribution in [2.24, 2.45) is 10.5 Å². The number of ether oxygens (including phenoxy) is 1. The quantitative estimate of drug-likeness (QED) is 0.174. The molecule has 1 unspecified atom stereocenters. The topological polar surface area (TPSA) is 81.5 Å². The second-order valence-electron chi connectivity index (χ2n) is 10.00.